The lowest BCUT2D eigenvalue weighted by molar-refractivity contribution is 0.498. The van der Waals surface area contributed by atoms with E-state index in [4.69, 9.17) is 0 Å². The molecular weight excluding hydrogens is 172 g/mol. The van der Waals surface area contributed by atoms with Gasteiger partial charge in [0.1, 0.15) is 0 Å². The van der Waals surface area contributed by atoms with Gasteiger partial charge in [0.2, 0.25) is 0 Å². The minimum Gasteiger partial charge on any atom is -0.369 e. The maximum atomic E-state index is 4.07. The van der Waals surface area contributed by atoms with Crippen molar-refractivity contribution >= 4 is 6.21 Å². The molecule has 2 nitrogen and oxygen atoms in total. The maximum absolute atomic E-state index is 4.07. The molecule has 0 amide bonds. The molecule has 0 aliphatic heterocycles. The average Bonchev–Trinajstić information content (AvgIpc) is 2.20. The quantitative estimate of drug-likeness (QED) is 0.464. The highest BCUT2D eigenvalue weighted by Crippen LogP contribution is 2.00. The zero-order valence-electron chi connectivity index (χ0n) is 8.98. The van der Waals surface area contributed by atoms with Gasteiger partial charge in [0.05, 0.1) is 6.54 Å². The van der Waals surface area contributed by atoms with Crippen LogP contribution in [0.1, 0.15) is 6.92 Å². The van der Waals surface area contributed by atoms with E-state index in [0.717, 1.165) is 12.2 Å². The van der Waals surface area contributed by atoms with Gasteiger partial charge in [0.25, 0.3) is 0 Å². The fraction of sp³-hybridized carbons (Fsp3) is 0.250. The van der Waals surface area contributed by atoms with Crippen molar-refractivity contribution in [3.63, 3.8) is 0 Å². The molecule has 0 N–H and O–H groups in total. The molecule has 0 bridgehead atoms. The SMILES string of the molecule is C=C/C=C(\C=C)N(C)CC=N/C=C\C. The Balaban J connectivity index is 4.17. The Morgan fingerprint density at radius 2 is 2.14 bits per heavy atom. The summed E-state index contributed by atoms with van der Waals surface area (Å²) in [6, 6.07) is 0. The lowest BCUT2D eigenvalue weighted by Gasteiger charge is -2.16. The van der Waals surface area contributed by atoms with E-state index in [9.17, 15) is 0 Å². The summed E-state index contributed by atoms with van der Waals surface area (Å²) in [5, 5.41) is 0. The molecular formula is C12H18N2. The van der Waals surface area contributed by atoms with Crippen LogP contribution in [-0.4, -0.2) is 24.7 Å². The molecule has 0 aliphatic carbocycles. The highest BCUT2D eigenvalue weighted by atomic mass is 15.1. The third kappa shape index (κ3) is 5.14. The van der Waals surface area contributed by atoms with E-state index in [1.54, 1.807) is 18.4 Å². The van der Waals surface area contributed by atoms with Gasteiger partial charge in [0, 0.05) is 25.2 Å². The Morgan fingerprint density at radius 1 is 1.43 bits per heavy atom. The first-order chi connectivity index (χ1) is 6.76. The lowest BCUT2D eigenvalue weighted by Crippen LogP contribution is -2.18. The summed E-state index contributed by atoms with van der Waals surface area (Å²) in [5.41, 5.74) is 1.03. The normalized spacial score (nSPS) is 12.3. The van der Waals surface area contributed by atoms with E-state index in [1.165, 1.54) is 0 Å². The fourth-order valence-corrected chi connectivity index (χ4v) is 0.894. The molecule has 0 rings (SSSR count). The van der Waals surface area contributed by atoms with Crippen molar-refractivity contribution in [3.05, 3.63) is 49.4 Å². The molecule has 0 radical (unpaired) electrons. The Labute approximate surface area is 86.7 Å². The third-order valence-corrected chi connectivity index (χ3v) is 1.63. The van der Waals surface area contributed by atoms with Crippen molar-refractivity contribution in [2.45, 2.75) is 6.92 Å². The van der Waals surface area contributed by atoms with Crippen LogP contribution in [0, 0.1) is 0 Å². The van der Waals surface area contributed by atoms with Gasteiger partial charge in [-0.25, -0.2) is 0 Å². The second-order valence-corrected chi connectivity index (χ2v) is 2.73. The standard InChI is InChI=1S/C12H18N2/c1-5-8-12(7-3)14(4)11-10-13-9-6-2/h5-10H,1,3,11H2,2,4H3/b9-6-,12-8+,13-10?. The monoisotopic (exact) mass is 190 g/mol. The first-order valence-corrected chi connectivity index (χ1v) is 4.55. The van der Waals surface area contributed by atoms with E-state index < -0.39 is 0 Å². The number of nitrogens with zero attached hydrogens (tertiary/aromatic N) is 2. The minimum atomic E-state index is 0.760. The van der Waals surface area contributed by atoms with Gasteiger partial charge in [-0.3, -0.25) is 4.99 Å². The number of likely N-dealkylation sites (N-methyl/N-ethyl adjacent to an activating group) is 1. The molecule has 2 heteroatoms. The summed E-state index contributed by atoms with van der Waals surface area (Å²) in [4.78, 5) is 6.12. The van der Waals surface area contributed by atoms with Crippen molar-refractivity contribution in [1.29, 1.82) is 0 Å². The maximum Gasteiger partial charge on any atom is 0.0529 e. The van der Waals surface area contributed by atoms with Gasteiger partial charge >= 0.3 is 0 Å². The number of hydrogen-bond donors (Lipinski definition) is 0. The molecule has 0 unspecified atom stereocenters. The largest absolute Gasteiger partial charge is 0.369 e. The molecule has 0 aromatic carbocycles. The highest BCUT2D eigenvalue weighted by Gasteiger charge is 1.95. The summed E-state index contributed by atoms with van der Waals surface area (Å²) >= 11 is 0. The van der Waals surface area contributed by atoms with E-state index in [2.05, 4.69) is 18.2 Å². The Kier molecular flexibility index (Phi) is 7.15. The number of rotatable bonds is 6. The van der Waals surface area contributed by atoms with Crippen LogP contribution < -0.4 is 0 Å². The molecule has 0 fully saturated rings. The van der Waals surface area contributed by atoms with Crippen molar-refractivity contribution in [3.8, 4) is 0 Å². The van der Waals surface area contributed by atoms with Gasteiger partial charge in [-0.1, -0.05) is 25.3 Å². The molecule has 14 heavy (non-hydrogen) atoms. The van der Waals surface area contributed by atoms with Crippen molar-refractivity contribution in [2.75, 3.05) is 13.6 Å². The number of aliphatic imine (C=N–C) groups is 1. The second-order valence-electron chi connectivity index (χ2n) is 2.73. The molecule has 0 spiro atoms. The van der Waals surface area contributed by atoms with E-state index in [1.807, 2.05) is 37.2 Å². The average molecular weight is 190 g/mol. The molecule has 0 aliphatic rings. The summed E-state index contributed by atoms with van der Waals surface area (Å²) in [5.74, 6) is 0. The fourth-order valence-electron chi connectivity index (χ4n) is 0.894. The lowest BCUT2D eigenvalue weighted by atomic mass is 10.3. The molecule has 0 atom stereocenters. The van der Waals surface area contributed by atoms with Crippen LogP contribution >= 0.6 is 0 Å². The number of hydrogen-bond acceptors (Lipinski definition) is 2. The molecule has 0 heterocycles. The molecule has 0 saturated carbocycles. The number of allylic oxidation sites excluding steroid dienone is 4. The molecule has 0 aromatic rings. The highest BCUT2D eigenvalue weighted by molar-refractivity contribution is 5.61. The summed E-state index contributed by atoms with van der Waals surface area (Å²) in [7, 11) is 1.98. The van der Waals surface area contributed by atoms with Gasteiger partial charge in [-0.05, 0) is 19.1 Å². The van der Waals surface area contributed by atoms with E-state index in [0.29, 0.717) is 0 Å². The zero-order chi connectivity index (χ0) is 10.8. The van der Waals surface area contributed by atoms with Crippen LogP contribution in [0.25, 0.3) is 0 Å². The molecule has 76 valence electrons. The smallest absolute Gasteiger partial charge is 0.0529 e. The van der Waals surface area contributed by atoms with Crippen molar-refractivity contribution in [2.24, 2.45) is 4.99 Å². The van der Waals surface area contributed by atoms with Gasteiger partial charge in [-0.2, -0.15) is 0 Å². The van der Waals surface area contributed by atoms with Crippen LogP contribution in [-0.2, 0) is 0 Å². The Hall–Kier alpha value is -1.57. The first kappa shape index (κ1) is 12.4. The third-order valence-electron chi connectivity index (χ3n) is 1.63. The second kappa shape index (κ2) is 8.05. The predicted octanol–water partition coefficient (Wildman–Crippen LogP) is 2.78. The summed E-state index contributed by atoms with van der Waals surface area (Å²) in [6.45, 7) is 10.1. The summed E-state index contributed by atoms with van der Waals surface area (Å²) < 4.78 is 0. The van der Waals surface area contributed by atoms with Crippen LogP contribution in [0.5, 0.6) is 0 Å². The van der Waals surface area contributed by atoms with Gasteiger partial charge in [0.15, 0.2) is 0 Å². The van der Waals surface area contributed by atoms with Crippen LogP contribution in [0.2, 0.25) is 0 Å². The van der Waals surface area contributed by atoms with Crippen LogP contribution in [0.4, 0.5) is 0 Å². The van der Waals surface area contributed by atoms with Crippen LogP contribution in [0.15, 0.2) is 54.4 Å². The molecule has 0 aromatic heterocycles. The van der Waals surface area contributed by atoms with Crippen LogP contribution in [0.3, 0.4) is 0 Å². The van der Waals surface area contributed by atoms with Crippen molar-refractivity contribution < 1.29 is 0 Å². The zero-order valence-corrected chi connectivity index (χ0v) is 8.98. The Bertz CT molecular complexity index is 259. The first-order valence-electron chi connectivity index (χ1n) is 4.55. The topological polar surface area (TPSA) is 15.6 Å². The minimum absolute atomic E-state index is 0.760. The van der Waals surface area contributed by atoms with Crippen molar-refractivity contribution in [1.82, 2.24) is 4.90 Å². The Morgan fingerprint density at radius 3 is 2.64 bits per heavy atom. The van der Waals surface area contributed by atoms with Gasteiger partial charge in [-0.15, -0.1) is 0 Å². The van der Waals surface area contributed by atoms with E-state index in [-0.39, 0.29) is 0 Å². The molecule has 0 saturated heterocycles. The van der Waals surface area contributed by atoms with E-state index >= 15 is 0 Å². The van der Waals surface area contributed by atoms with Gasteiger partial charge < -0.3 is 4.90 Å². The summed E-state index contributed by atoms with van der Waals surface area (Å²) in [6.07, 6.45) is 11.0. The predicted molar refractivity (Wildman–Crippen MR) is 64.4 cm³/mol.